The van der Waals surface area contributed by atoms with Gasteiger partial charge in [-0.2, -0.15) is 0 Å². The first-order chi connectivity index (χ1) is 12.2. The molecule has 1 aromatic carbocycles. The first kappa shape index (κ1) is 6.83. The molecule has 0 bridgehead atoms. The van der Waals surface area contributed by atoms with E-state index in [0.29, 0.717) is 0 Å². The smallest absolute Gasteiger partial charge is 0.255 e. The molecular weight excluding hydrogens is 265 g/mol. The molecule has 2 aliphatic heterocycles. The van der Waals surface area contributed by atoms with Gasteiger partial charge in [-0.25, -0.2) is 4.39 Å². The first-order valence-electron chi connectivity index (χ1n) is 8.96. The van der Waals surface area contributed by atoms with Gasteiger partial charge in [-0.05, 0) is 18.5 Å². The van der Waals surface area contributed by atoms with E-state index in [1.807, 2.05) is 0 Å². The summed E-state index contributed by atoms with van der Waals surface area (Å²) in [5.41, 5.74) is 4.19. The minimum atomic E-state index is -3.49. The molecule has 7 heteroatoms. The van der Waals surface area contributed by atoms with Crippen molar-refractivity contribution in [2.75, 3.05) is 5.73 Å². The summed E-state index contributed by atoms with van der Waals surface area (Å²) in [5.74, 6) is -5.91. The van der Waals surface area contributed by atoms with Gasteiger partial charge in [-0.15, -0.1) is 0 Å². The van der Waals surface area contributed by atoms with Crippen LogP contribution >= 0.6 is 0 Å². The maximum absolute atomic E-state index is 14.0. The molecule has 0 aliphatic carbocycles. The van der Waals surface area contributed by atoms with E-state index >= 15 is 0 Å². The molecule has 3 rings (SSSR count). The SMILES string of the molecule is [2H]c1c(N)c2c(c([2H])c1F)C(=O)N(C1([2H])C(=O)NC(=O)C([2H])([2H])C1([2H])[2H])C2. The van der Waals surface area contributed by atoms with Gasteiger partial charge in [-0.3, -0.25) is 19.7 Å². The number of nitrogens with zero attached hydrogens (tertiary/aromatic N) is 1. The fourth-order valence-electron chi connectivity index (χ4n) is 1.99. The van der Waals surface area contributed by atoms with Crippen molar-refractivity contribution in [3.63, 3.8) is 0 Å². The number of carbonyl (C=O) groups is 3. The highest BCUT2D eigenvalue weighted by molar-refractivity contribution is 6.06. The van der Waals surface area contributed by atoms with Crippen LogP contribution < -0.4 is 11.1 Å². The first-order valence-corrected chi connectivity index (χ1v) is 5.46. The van der Waals surface area contributed by atoms with Crippen LogP contribution in [0.25, 0.3) is 0 Å². The molecule has 6 nitrogen and oxygen atoms in total. The third-order valence-corrected chi connectivity index (χ3v) is 2.89. The molecule has 1 saturated heterocycles. The average molecular weight is 284 g/mol. The van der Waals surface area contributed by atoms with E-state index in [0.717, 1.165) is 0 Å². The molecule has 2 heterocycles. The van der Waals surface area contributed by atoms with Crippen LogP contribution in [0, 0.1) is 5.82 Å². The second-order valence-electron chi connectivity index (χ2n) is 4.10. The van der Waals surface area contributed by atoms with Crippen LogP contribution in [0.5, 0.6) is 0 Å². The summed E-state index contributed by atoms with van der Waals surface area (Å²) >= 11 is 0. The van der Waals surface area contributed by atoms with E-state index in [-0.39, 0.29) is 10.5 Å². The minimum absolute atomic E-state index is 0.246. The number of nitrogens with two attached hydrogens (primary N) is 1. The van der Waals surface area contributed by atoms with Gasteiger partial charge in [0.15, 0.2) is 0 Å². The number of rotatable bonds is 1. The van der Waals surface area contributed by atoms with Crippen molar-refractivity contribution in [3.8, 4) is 0 Å². The summed E-state index contributed by atoms with van der Waals surface area (Å²) in [6, 6.07) is -5.12. The monoisotopic (exact) mass is 284 g/mol. The lowest BCUT2D eigenvalue weighted by Gasteiger charge is -2.29. The summed E-state index contributed by atoms with van der Waals surface area (Å²) < 4.78 is 68.6. The molecule has 2 aliphatic rings. The van der Waals surface area contributed by atoms with Crippen LogP contribution in [0.3, 0.4) is 0 Å². The molecule has 0 saturated carbocycles. The second kappa shape index (κ2) is 4.29. The Labute approximate surface area is 123 Å². The van der Waals surface area contributed by atoms with Crippen molar-refractivity contribution in [3.05, 3.63) is 29.0 Å². The van der Waals surface area contributed by atoms with Gasteiger partial charge in [0.1, 0.15) is 11.8 Å². The zero-order chi connectivity index (χ0) is 20.7. The normalized spacial score (nSPS) is 35.8. The van der Waals surface area contributed by atoms with Crippen LogP contribution in [0.2, 0.25) is 0 Å². The molecule has 1 fully saturated rings. The molecule has 3 amide bonds. The molecule has 0 aromatic heterocycles. The van der Waals surface area contributed by atoms with Crippen molar-refractivity contribution < 1.29 is 28.4 Å². The molecule has 0 spiro atoms. The van der Waals surface area contributed by atoms with Gasteiger partial charge in [0, 0.05) is 35.2 Å². The molecular formula is C13H12FN3O3. The van der Waals surface area contributed by atoms with Gasteiger partial charge in [0.25, 0.3) is 5.91 Å². The number of hydrogen-bond acceptors (Lipinski definition) is 4. The lowest BCUT2D eigenvalue weighted by atomic mass is 10.0. The molecule has 20 heavy (non-hydrogen) atoms. The van der Waals surface area contributed by atoms with E-state index in [1.54, 1.807) is 0 Å². The summed E-state index contributed by atoms with van der Waals surface area (Å²) in [6.07, 6.45) is -6.84. The molecule has 0 radical (unpaired) electrons. The van der Waals surface area contributed by atoms with Crippen molar-refractivity contribution in [1.29, 1.82) is 0 Å². The average Bonchev–Trinajstić information content (AvgIpc) is 2.93. The number of piperidine rings is 1. The topological polar surface area (TPSA) is 92.5 Å². The molecule has 104 valence electrons. The van der Waals surface area contributed by atoms with Crippen molar-refractivity contribution in [2.45, 2.75) is 25.3 Å². The molecule has 1 aromatic rings. The number of carbonyl (C=O) groups excluding carboxylic acids is 3. The minimum Gasteiger partial charge on any atom is -0.398 e. The largest absolute Gasteiger partial charge is 0.398 e. The zero-order valence-corrected chi connectivity index (χ0v) is 9.83. The number of benzene rings is 1. The van der Waals surface area contributed by atoms with Crippen LogP contribution in [0.1, 0.15) is 38.3 Å². The lowest BCUT2D eigenvalue weighted by Crippen LogP contribution is -2.52. The zero-order valence-electron chi connectivity index (χ0n) is 16.8. The Morgan fingerprint density at radius 1 is 1.50 bits per heavy atom. The third-order valence-electron chi connectivity index (χ3n) is 2.89. The van der Waals surface area contributed by atoms with Crippen LogP contribution in [0.15, 0.2) is 12.1 Å². The van der Waals surface area contributed by atoms with Crippen LogP contribution in [-0.2, 0) is 16.1 Å². The summed E-state index contributed by atoms with van der Waals surface area (Å²) in [7, 11) is 0. The maximum Gasteiger partial charge on any atom is 0.255 e. The summed E-state index contributed by atoms with van der Waals surface area (Å²) in [4.78, 5) is 37.0. The van der Waals surface area contributed by atoms with Crippen molar-refractivity contribution in [2.24, 2.45) is 0 Å². The number of nitrogen functional groups attached to an aromatic ring is 1. The number of fused-ring (bicyclic) bond motifs is 1. The quantitative estimate of drug-likeness (QED) is 0.568. The predicted octanol–water partition coefficient (Wildman–Crippen LogP) is 0.169. The highest BCUT2D eigenvalue weighted by Gasteiger charge is 2.39. The highest BCUT2D eigenvalue weighted by atomic mass is 19.1. The number of amides is 3. The Kier molecular flexibility index (Phi) is 1.47. The predicted molar refractivity (Wildman–Crippen MR) is 66.9 cm³/mol. The number of imide groups is 1. The van der Waals surface area contributed by atoms with E-state index in [1.165, 1.54) is 5.32 Å². The fourth-order valence-corrected chi connectivity index (χ4v) is 1.99. The fraction of sp³-hybridized carbons (Fsp3) is 0.308. The van der Waals surface area contributed by atoms with Gasteiger partial charge in [-0.1, -0.05) is 0 Å². The van der Waals surface area contributed by atoms with E-state index in [9.17, 15) is 18.8 Å². The number of halogens is 1. The third kappa shape index (κ3) is 1.82. The molecule has 1 atom stereocenters. The number of anilines is 1. The summed E-state index contributed by atoms with van der Waals surface area (Å²) in [5, 5.41) is 1.53. The Morgan fingerprint density at radius 3 is 3.00 bits per heavy atom. The van der Waals surface area contributed by atoms with Gasteiger partial charge in [0.2, 0.25) is 11.8 Å². The highest BCUT2D eigenvalue weighted by Crippen LogP contribution is 2.31. The standard InChI is InChI=1S/C13H12FN3O3/c14-6-3-7-8(9(15)4-6)5-17(13(7)20)10-1-2-11(18)16-12(10)19/h3-4,10H,1-2,5,15H2,(H,16,18,19)/i1D2,2D2,3D,4D,10D. The number of hydrogen-bond donors (Lipinski definition) is 2. The van der Waals surface area contributed by atoms with Crippen molar-refractivity contribution in [1.82, 2.24) is 10.2 Å². The van der Waals surface area contributed by atoms with Crippen molar-refractivity contribution >= 4 is 23.4 Å². The van der Waals surface area contributed by atoms with Gasteiger partial charge in [0.05, 0.1) is 4.11 Å². The van der Waals surface area contributed by atoms with E-state index < -0.39 is 72.2 Å². The lowest BCUT2D eigenvalue weighted by molar-refractivity contribution is -0.136. The molecule has 1 unspecified atom stereocenters. The molecule has 3 N–H and O–H groups in total. The number of nitrogens with one attached hydrogen (secondary N) is 1. The second-order valence-corrected chi connectivity index (χ2v) is 4.10. The van der Waals surface area contributed by atoms with E-state index in [2.05, 4.69) is 0 Å². The Bertz CT molecular complexity index is 938. The van der Waals surface area contributed by atoms with E-state index in [4.69, 9.17) is 15.3 Å². The van der Waals surface area contributed by atoms with Crippen LogP contribution in [-0.4, -0.2) is 28.6 Å². The van der Waals surface area contributed by atoms with Crippen LogP contribution in [0.4, 0.5) is 10.1 Å². The Hall–Kier alpha value is -2.44. The Balaban J connectivity index is 2.22. The maximum atomic E-state index is 14.0. The Morgan fingerprint density at radius 2 is 2.25 bits per heavy atom. The van der Waals surface area contributed by atoms with Gasteiger partial charge >= 0.3 is 0 Å². The summed E-state index contributed by atoms with van der Waals surface area (Å²) in [6.45, 7) is -0.737. The van der Waals surface area contributed by atoms with Gasteiger partial charge < -0.3 is 10.6 Å².